The maximum atomic E-state index is 14.7. The number of carbonyl (C=O) groups excluding carboxylic acids is 1. The molecule has 2 atom stereocenters. The van der Waals surface area contributed by atoms with Gasteiger partial charge in [-0.25, -0.2) is 13.8 Å². The third-order valence-corrected chi connectivity index (χ3v) is 5.33. The number of Topliss-reactive ketones (excluding diaryl/α,β-unsaturated/α-hetero) is 1. The summed E-state index contributed by atoms with van der Waals surface area (Å²) in [5.41, 5.74) is 0.880. The molecule has 2 unspecified atom stereocenters. The highest BCUT2D eigenvalue weighted by Crippen LogP contribution is 2.29. The van der Waals surface area contributed by atoms with Crippen LogP contribution in [-0.2, 0) is 4.79 Å². The SMILES string of the molecule is C#CCCC(=O)C(C)c1ccc(OC2CCN(c3ncnc(OCC(C)(F)F)c3F)C2)cc1. The summed E-state index contributed by atoms with van der Waals surface area (Å²) in [6.45, 7) is 2.39. The average Bonchev–Trinajstić information content (AvgIpc) is 3.24. The second-order valence-corrected chi connectivity index (χ2v) is 8.11. The van der Waals surface area contributed by atoms with Crippen LogP contribution in [0.4, 0.5) is 19.0 Å². The van der Waals surface area contributed by atoms with Crippen LogP contribution in [0.5, 0.6) is 11.6 Å². The summed E-state index contributed by atoms with van der Waals surface area (Å²) >= 11 is 0. The van der Waals surface area contributed by atoms with Crippen molar-refractivity contribution in [2.75, 3.05) is 24.6 Å². The van der Waals surface area contributed by atoms with Crippen LogP contribution in [-0.4, -0.2) is 47.5 Å². The van der Waals surface area contributed by atoms with E-state index >= 15 is 0 Å². The van der Waals surface area contributed by atoms with Gasteiger partial charge in [-0.1, -0.05) is 19.1 Å². The van der Waals surface area contributed by atoms with E-state index in [-0.39, 0.29) is 23.6 Å². The van der Waals surface area contributed by atoms with E-state index in [1.165, 1.54) is 0 Å². The smallest absolute Gasteiger partial charge is 0.278 e. The number of aromatic nitrogens is 2. The van der Waals surface area contributed by atoms with Crippen LogP contribution in [0.15, 0.2) is 30.6 Å². The Bertz CT molecular complexity index is 1000. The second kappa shape index (κ2) is 10.6. The highest BCUT2D eigenvalue weighted by Gasteiger charge is 2.30. The van der Waals surface area contributed by atoms with Crippen LogP contribution in [0.2, 0.25) is 0 Å². The zero-order valence-corrected chi connectivity index (χ0v) is 18.6. The second-order valence-electron chi connectivity index (χ2n) is 8.11. The zero-order chi connectivity index (χ0) is 24.0. The molecule has 1 aromatic carbocycles. The molecule has 2 heterocycles. The number of hydrogen-bond donors (Lipinski definition) is 0. The van der Waals surface area contributed by atoms with Gasteiger partial charge in [-0.05, 0) is 17.7 Å². The Morgan fingerprint density at radius 2 is 2.06 bits per heavy atom. The number of halogens is 3. The molecule has 0 amide bonds. The third kappa shape index (κ3) is 6.60. The molecule has 0 spiro atoms. The molecule has 176 valence electrons. The number of ketones is 1. The summed E-state index contributed by atoms with van der Waals surface area (Å²) in [6, 6.07) is 7.28. The summed E-state index contributed by atoms with van der Waals surface area (Å²) in [4.78, 5) is 21.4. The largest absolute Gasteiger partial charge is 0.489 e. The summed E-state index contributed by atoms with van der Waals surface area (Å²) in [5.74, 6) is -1.56. The Kier molecular flexibility index (Phi) is 7.79. The highest BCUT2D eigenvalue weighted by molar-refractivity contribution is 5.85. The molecular weight excluding hydrogens is 435 g/mol. The molecule has 1 aromatic heterocycles. The maximum absolute atomic E-state index is 14.7. The van der Waals surface area contributed by atoms with Gasteiger partial charge < -0.3 is 14.4 Å². The molecule has 1 aliphatic heterocycles. The highest BCUT2D eigenvalue weighted by atomic mass is 19.3. The first-order valence-electron chi connectivity index (χ1n) is 10.7. The number of alkyl halides is 2. The predicted octanol–water partition coefficient (Wildman–Crippen LogP) is 4.39. The average molecular weight is 461 g/mol. The van der Waals surface area contributed by atoms with Gasteiger partial charge in [-0.3, -0.25) is 4.79 Å². The fraction of sp³-hybridized carbons (Fsp3) is 0.458. The molecule has 1 saturated heterocycles. The molecule has 0 aliphatic carbocycles. The fourth-order valence-corrected chi connectivity index (χ4v) is 3.50. The Balaban J connectivity index is 1.59. The van der Waals surface area contributed by atoms with Crippen molar-refractivity contribution in [3.8, 4) is 24.0 Å². The Labute approximate surface area is 191 Å². The van der Waals surface area contributed by atoms with E-state index in [2.05, 4.69) is 15.9 Å². The minimum atomic E-state index is -3.10. The number of rotatable bonds is 10. The Morgan fingerprint density at radius 1 is 1.33 bits per heavy atom. The van der Waals surface area contributed by atoms with Crippen LogP contribution >= 0.6 is 0 Å². The quantitative estimate of drug-likeness (QED) is 0.489. The van der Waals surface area contributed by atoms with Crippen molar-refractivity contribution < 1.29 is 27.4 Å². The molecule has 3 rings (SSSR count). The summed E-state index contributed by atoms with van der Waals surface area (Å²) in [7, 11) is 0. The maximum Gasteiger partial charge on any atom is 0.278 e. The van der Waals surface area contributed by atoms with E-state index in [4.69, 9.17) is 15.9 Å². The standard InChI is InChI=1S/C24H26F3N3O3/c1-4-5-6-20(31)16(2)17-7-9-18(10-8-17)33-19-11-12-30(13-19)22-21(25)23(29-15-28-22)32-14-24(3,26)27/h1,7-10,15-16,19H,5-6,11-14H2,2-3H3. The van der Waals surface area contributed by atoms with Gasteiger partial charge in [-0.15, -0.1) is 12.3 Å². The molecule has 0 N–H and O–H groups in total. The van der Waals surface area contributed by atoms with Crippen molar-refractivity contribution in [2.45, 2.75) is 51.1 Å². The monoisotopic (exact) mass is 461 g/mol. The van der Waals surface area contributed by atoms with Gasteiger partial charge in [0.25, 0.3) is 11.8 Å². The van der Waals surface area contributed by atoms with Crippen molar-refractivity contribution >= 4 is 11.6 Å². The summed E-state index contributed by atoms with van der Waals surface area (Å²) in [5, 5.41) is 0. The Morgan fingerprint density at radius 3 is 2.73 bits per heavy atom. The normalized spacial score (nSPS) is 16.8. The molecule has 1 fully saturated rings. The van der Waals surface area contributed by atoms with Crippen molar-refractivity contribution in [3.63, 3.8) is 0 Å². The number of anilines is 1. The van der Waals surface area contributed by atoms with Crippen LogP contribution in [0.3, 0.4) is 0 Å². The lowest BCUT2D eigenvalue weighted by atomic mass is 9.94. The minimum absolute atomic E-state index is 0.0137. The van der Waals surface area contributed by atoms with Gasteiger partial charge in [0.15, 0.2) is 12.4 Å². The molecule has 33 heavy (non-hydrogen) atoms. The van der Waals surface area contributed by atoms with E-state index < -0.39 is 24.2 Å². The number of ether oxygens (including phenoxy) is 2. The van der Waals surface area contributed by atoms with E-state index in [0.29, 0.717) is 45.0 Å². The van der Waals surface area contributed by atoms with Crippen LogP contribution in [0.25, 0.3) is 0 Å². The summed E-state index contributed by atoms with van der Waals surface area (Å²) in [6.07, 6.45) is 7.48. The van der Waals surface area contributed by atoms with E-state index in [1.807, 2.05) is 19.1 Å². The first-order chi connectivity index (χ1) is 15.7. The van der Waals surface area contributed by atoms with Gasteiger partial charge >= 0.3 is 0 Å². The van der Waals surface area contributed by atoms with E-state index in [1.54, 1.807) is 17.0 Å². The molecular formula is C24H26F3N3O3. The van der Waals surface area contributed by atoms with Gasteiger partial charge in [-0.2, -0.15) is 9.37 Å². The number of carbonyl (C=O) groups is 1. The van der Waals surface area contributed by atoms with Gasteiger partial charge in [0, 0.05) is 38.6 Å². The number of nitrogens with zero attached hydrogens (tertiary/aromatic N) is 3. The molecule has 1 aliphatic rings. The molecule has 2 aromatic rings. The third-order valence-electron chi connectivity index (χ3n) is 5.33. The van der Waals surface area contributed by atoms with Crippen molar-refractivity contribution in [1.82, 2.24) is 9.97 Å². The fourth-order valence-electron chi connectivity index (χ4n) is 3.50. The van der Waals surface area contributed by atoms with Gasteiger partial charge in [0.05, 0.1) is 6.54 Å². The van der Waals surface area contributed by atoms with E-state index in [9.17, 15) is 18.0 Å². The lowest BCUT2D eigenvalue weighted by Crippen LogP contribution is -2.27. The van der Waals surface area contributed by atoms with Crippen LogP contribution < -0.4 is 14.4 Å². The number of hydrogen-bond acceptors (Lipinski definition) is 6. The van der Waals surface area contributed by atoms with Crippen molar-refractivity contribution in [2.24, 2.45) is 0 Å². The van der Waals surface area contributed by atoms with Crippen molar-refractivity contribution in [1.29, 1.82) is 0 Å². The molecule has 0 radical (unpaired) electrons. The van der Waals surface area contributed by atoms with Crippen LogP contribution in [0.1, 0.15) is 44.6 Å². The lowest BCUT2D eigenvalue weighted by Gasteiger charge is -2.20. The first kappa shape index (κ1) is 24.4. The topological polar surface area (TPSA) is 64.5 Å². The Hall–Kier alpha value is -3.28. The number of terminal acetylenes is 1. The number of benzene rings is 1. The molecule has 0 bridgehead atoms. The summed E-state index contributed by atoms with van der Waals surface area (Å²) < 4.78 is 51.6. The van der Waals surface area contributed by atoms with Crippen molar-refractivity contribution in [3.05, 3.63) is 42.0 Å². The zero-order valence-electron chi connectivity index (χ0n) is 18.6. The molecule has 6 nitrogen and oxygen atoms in total. The molecule has 0 saturated carbocycles. The van der Waals surface area contributed by atoms with Crippen LogP contribution in [0, 0.1) is 18.2 Å². The van der Waals surface area contributed by atoms with Gasteiger partial charge in [0.1, 0.15) is 24.0 Å². The van der Waals surface area contributed by atoms with Gasteiger partial charge in [0.2, 0.25) is 5.82 Å². The van der Waals surface area contributed by atoms with E-state index in [0.717, 1.165) is 11.9 Å². The minimum Gasteiger partial charge on any atom is -0.489 e. The lowest BCUT2D eigenvalue weighted by molar-refractivity contribution is -0.120. The molecule has 9 heteroatoms. The first-order valence-corrected chi connectivity index (χ1v) is 10.7. The predicted molar refractivity (Wildman–Crippen MR) is 117 cm³/mol.